The predicted molar refractivity (Wildman–Crippen MR) is 143 cm³/mol. The lowest BCUT2D eigenvalue weighted by Crippen LogP contribution is -2.26. The van der Waals surface area contributed by atoms with E-state index in [2.05, 4.69) is 70.2 Å². The number of aliphatic hydroxyl groups is 1. The van der Waals surface area contributed by atoms with E-state index in [1.165, 1.54) is 27.8 Å². The van der Waals surface area contributed by atoms with Gasteiger partial charge >= 0.3 is 0 Å². The lowest BCUT2D eigenvalue weighted by molar-refractivity contribution is 0.0677. The van der Waals surface area contributed by atoms with Crippen molar-refractivity contribution in [3.8, 4) is 5.75 Å². The highest BCUT2D eigenvalue weighted by atomic mass is 16.5. The van der Waals surface area contributed by atoms with Gasteiger partial charge in [-0.3, -0.25) is 0 Å². The van der Waals surface area contributed by atoms with Crippen LogP contribution in [0.4, 0.5) is 0 Å². The van der Waals surface area contributed by atoms with E-state index < -0.39 is 5.60 Å². The van der Waals surface area contributed by atoms with Crippen LogP contribution < -0.4 is 4.74 Å². The largest absolute Gasteiger partial charge is 0.491 e. The van der Waals surface area contributed by atoms with Gasteiger partial charge in [-0.25, -0.2) is 0 Å². The van der Waals surface area contributed by atoms with Gasteiger partial charge < -0.3 is 14.6 Å². The van der Waals surface area contributed by atoms with Crippen molar-refractivity contribution in [3.05, 3.63) is 70.3 Å². The fourth-order valence-electron chi connectivity index (χ4n) is 5.19. The Morgan fingerprint density at radius 3 is 2.12 bits per heavy atom. The molecule has 0 bridgehead atoms. The number of aryl methyl sites for hydroxylation is 2. The minimum atomic E-state index is -0.729. The lowest BCUT2D eigenvalue weighted by Gasteiger charge is -2.34. The van der Waals surface area contributed by atoms with Gasteiger partial charge in [-0.2, -0.15) is 0 Å². The molecule has 1 fully saturated rings. The average molecular weight is 465 g/mol. The predicted octanol–water partition coefficient (Wildman–Crippen LogP) is 7.53. The van der Waals surface area contributed by atoms with Crippen molar-refractivity contribution in [2.24, 2.45) is 0 Å². The molecule has 1 unspecified atom stereocenters. The molecule has 3 heteroatoms. The molecule has 1 atom stereocenters. The van der Waals surface area contributed by atoms with E-state index in [0.717, 1.165) is 50.9 Å². The minimum Gasteiger partial charge on any atom is -0.491 e. The van der Waals surface area contributed by atoms with Gasteiger partial charge in [0.1, 0.15) is 12.4 Å². The molecule has 34 heavy (non-hydrogen) atoms. The van der Waals surface area contributed by atoms with Crippen LogP contribution in [0.15, 0.2) is 42.5 Å². The van der Waals surface area contributed by atoms with Crippen LogP contribution in [0.5, 0.6) is 5.75 Å². The Hall–Kier alpha value is -2.10. The molecule has 1 saturated heterocycles. The zero-order chi connectivity index (χ0) is 24.8. The molecule has 0 amide bonds. The Morgan fingerprint density at radius 1 is 0.941 bits per heavy atom. The number of hydrogen-bond acceptors (Lipinski definition) is 3. The first-order chi connectivity index (χ1) is 16.3. The average Bonchev–Trinajstić information content (AvgIpc) is 3.37. The molecule has 0 aliphatic carbocycles. The second-order valence-electron chi connectivity index (χ2n) is 9.93. The van der Waals surface area contributed by atoms with Gasteiger partial charge in [0, 0.05) is 12.0 Å². The molecule has 2 aromatic carbocycles. The minimum absolute atomic E-state index is 0.0432. The van der Waals surface area contributed by atoms with Crippen molar-refractivity contribution in [3.63, 3.8) is 0 Å². The summed E-state index contributed by atoms with van der Waals surface area (Å²) in [4.78, 5) is 0. The monoisotopic (exact) mass is 464 g/mol. The molecule has 186 valence electrons. The maximum atomic E-state index is 10.6. The first-order valence-electron chi connectivity index (χ1n) is 13.2. The van der Waals surface area contributed by atoms with Crippen LogP contribution in [-0.4, -0.2) is 30.0 Å². The van der Waals surface area contributed by atoms with Crippen LogP contribution in [-0.2, 0) is 10.2 Å². The van der Waals surface area contributed by atoms with E-state index in [1.807, 2.05) is 19.9 Å². The van der Waals surface area contributed by atoms with Gasteiger partial charge in [0.2, 0.25) is 0 Å². The Morgan fingerprint density at radius 2 is 1.59 bits per heavy atom. The molecule has 2 aromatic rings. The summed E-state index contributed by atoms with van der Waals surface area (Å²) < 4.78 is 11.8. The normalized spacial score (nSPS) is 17.0. The molecule has 1 N–H and O–H groups in total. The third kappa shape index (κ3) is 5.75. The lowest BCUT2D eigenvalue weighted by atomic mass is 9.70. The summed E-state index contributed by atoms with van der Waals surface area (Å²) in [5, 5.41) is 10.6. The number of benzene rings is 2. The molecule has 1 aliphatic heterocycles. The maximum absolute atomic E-state index is 10.6. The smallest absolute Gasteiger partial charge is 0.122 e. The summed E-state index contributed by atoms with van der Waals surface area (Å²) in [6, 6.07) is 13.5. The van der Waals surface area contributed by atoms with E-state index in [9.17, 15) is 5.11 Å². The Balaban J connectivity index is 1.87. The second kappa shape index (κ2) is 11.6. The van der Waals surface area contributed by atoms with Crippen molar-refractivity contribution < 1.29 is 14.6 Å². The Bertz CT molecular complexity index is 961. The van der Waals surface area contributed by atoms with Gasteiger partial charge in [-0.1, -0.05) is 70.2 Å². The zero-order valence-electron chi connectivity index (χ0n) is 22.1. The molecule has 0 spiro atoms. The molecular formula is C31H44O3. The van der Waals surface area contributed by atoms with Crippen LogP contribution in [0.25, 0.3) is 6.08 Å². The molecular weight excluding hydrogens is 420 g/mol. The van der Waals surface area contributed by atoms with Gasteiger partial charge in [-0.15, -0.1) is 0 Å². The Kier molecular flexibility index (Phi) is 9.01. The van der Waals surface area contributed by atoms with Gasteiger partial charge in [0.25, 0.3) is 0 Å². The van der Waals surface area contributed by atoms with E-state index in [0.29, 0.717) is 6.61 Å². The second-order valence-corrected chi connectivity index (χ2v) is 9.93. The van der Waals surface area contributed by atoms with Crippen molar-refractivity contribution in [2.45, 2.75) is 97.2 Å². The third-order valence-corrected chi connectivity index (χ3v) is 8.00. The van der Waals surface area contributed by atoms with Crippen molar-refractivity contribution in [1.29, 1.82) is 0 Å². The third-order valence-electron chi connectivity index (χ3n) is 8.00. The highest BCUT2D eigenvalue weighted by molar-refractivity contribution is 5.57. The molecule has 0 saturated carbocycles. The highest BCUT2D eigenvalue weighted by Crippen LogP contribution is 2.41. The van der Waals surface area contributed by atoms with E-state index in [4.69, 9.17) is 9.47 Å². The summed E-state index contributed by atoms with van der Waals surface area (Å²) in [6.45, 7) is 14.4. The van der Waals surface area contributed by atoms with Crippen LogP contribution in [0.3, 0.4) is 0 Å². The van der Waals surface area contributed by atoms with Crippen LogP contribution >= 0.6 is 0 Å². The zero-order valence-corrected chi connectivity index (χ0v) is 22.1. The summed E-state index contributed by atoms with van der Waals surface area (Å²) in [5.74, 6) is 0.955. The van der Waals surface area contributed by atoms with Crippen molar-refractivity contribution in [2.75, 3.05) is 13.2 Å². The fraction of sp³-hybridized carbons (Fsp3) is 0.548. The number of ether oxygens (including phenoxy) is 2. The fourth-order valence-corrected chi connectivity index (χ4v) is 5.19. The van der Waals surface area contributed by atoms with Crippen LogP contribution in [0, 0.1) is 13.8 Å². The Labute approximate surface area is 207 Å². The van der Waals surface area contributed by atoms with E-state index in [-0.39, 0.29) is 11.5 Å². The quantitative estimate of drug-likeness (QED) is 0.373. The molecule has 3 nitrogen and oxygen atoms in total. The molecule has 1 aliphatic rings. The van der Waals surface area contributed by atoms with Crippen molar-refractivity contribution >= 4 is 6.08 Å². The molecule has 3 rings (SSSR count). The van der Waals surface area contributed by atoms with Crippen LogP contribution in [0.2, 0.25) is 0 Å². The highest BCUT2D eigenvalue weighted by Gasteiger charge is 2.31. The summed E-state index contributed by atoms with van der Waals surface area (Å²) >= 11 is 0. The van der Waals surface area contributed by atoms with Gasteiger partial charge in [0.05, 0.1) is 11.7 Å². The number of rotatable bonds is 11. The van der Waals surface area contributed by atoms with Gasteiger partial charge in [0.15, 0.2) is 0 Å². The maximum Gasteiger partial charge on any atom is 0.122 e. The molecule has 0 aromatic heterocycles. The first-order valence-corrected chi connectivity index (χ1v) is 13.2. The van der Waals surface area contributed by atoms with Crippen LogP contribution in [0.1, 0.15) is 94.0 Å². The van der Waals surface area contributed by atoms with E-state index >= 15 is 0 Å². The van der Waals surface area contributed by atoms with E-state index in [1.54, 1.807) is 0 Å². The molecule has 0 radical (unpaired) electrons. The number of hydrogen-bond donors (Lipinski definition) is 1. The molecule has 1 heterocycles. The van der Waals surface area contributed by atoms with Gasteiger partial charge in [-0.05, 0) is 86.3 Å². The summed E-state index contributed by atoms with van der Waals surface area (Å²) in [6.07, 6.45) is 9.98. The summed E-state index contributed by atoms with van der Waals surface area (Å²) in [5.41, 5.74) is 5.50. The summed E-state index contributed by atoms with van der Waals surface area (Å²) in [7, 11) is 0. The van der Waals surface area contributed by atoms with Crippen molar-refractivity contribution in [1.82, 2.24) is 0 Å². The standard InChI is InChI=1S/C31H44O3/c1-7-30(32,8-2)18-17-25-13-14-26(20-23(25)5)31(9-3,10-4)27-15-16-29(24(6)21-27)34-22-28-12-11-19-33-28/h13-18,20-21,28,32H,7-12,19,22H2,1-6H3. The first kappa shape index (κ1) is 26.5. The topological polar surface area (TPSA) is 38.7 Å². The SMILES string of the molecule is CCC(O)(C=Cc1ccc(C(CC)(CC)c2ccc(OCC3CCCO3)c(C)c2)cc1C)CC.